The molecule has 0 fully saturated rings. The quantitative estimate of drug-likeness (QED) is 0.751. The van der Waals surface area contributed by atoms with Gasteiger partial charge in [-0.3, -0.25) is 0 Å². The Morgan fingerprint density at radius 3 is 2.78 bits per heavy atom. The molecule has 1 aliphatic heterocycles. The fourth-order valence-corrected chi connectivity index (χ4v) is 5.41. The predicted molar refractivity (Wildman–Crippen MR) is 103 cm³/mol. The Hall–Kier alpha value is -2.59. The van der Waals surface area contributed by atoms with Crippen LogP contribution in [0.4, 0.5) is 4.39 Å². The Morgan fingerprint density at radius 1 is 1.48 bits per heavy atom. The number of thiophene rings is 1. The molecule has 0 spiro atoms. The number of sulfonamides is 1. The van der Waals surface area contributed by atoms with Gasteiger partial charge < -0.3 is 5.73 Å². The van der Waals surface area contributed by atoms with Crippen molar-refractivity contribution in [1.29, 1.82) is 5.26 Å². The van der Waals surface area contributed by atoms with E-state index in [0.29, 0.717) is 16.0 Å². The van der Waals surface area contributed by atoms with Gasteiger partial charge in [-0.25, -0.2) is 22.1 Å². The van der Waals surface area contributed by atoms with E-state index in [2.05, 4.69) is 10.9 Å². The van der Waals surface area contributed by atoms with Gasteiger partial charge in [-0.15, -0.1) is 17.8 Å². The van der Waals surface area contributed by atoms with Gasteiger partial charge in [0.05, 0.1) is 5.56 Å². The summed E-state index contributed by atoms with van der Waals surface area (Å²) in [5.41, 5.74) is 4.92. The third kappa shape index (κ3) is 3.15. The van der Waals surface area contributed by atoms with E-state index < -0.39 is 27.1 Å². The van der Waals surface area contributed by atoms with Crippen LogP contribution in [0.2, 0.25) is 4.34 Å². The molecule has 1 aliphatic rings. The van der Waals surface area contributed by atoms with E-state index in [-0.39, 0.29) is 15.9 Å². The van der Waals surface area contributed by atoms with Gasteiger partial charge in [-0.2, -0.15) is 5.26 Å². The molecule has 138 valence electrons. The second kappa shape index (κ2) is 6.54. The summed E-state index contributed by atoms with van der Waals surface area (Å²) in [6.45, 7) is 0. The van der Waals surface area contributed by atoms with Crippen LogP contribution in [0.25, 0.3) is 10.4 Å². The Labute approximate surface area is 164 Å². The van der Waals surface area contributed by atoms with E-state index in [4.69, 9.17) is 29.0 Å². The molecule has 1 aromatic carbocycles. The van der Waals surface area contributed by atoms with Crippen molar-refractivity contribution in [2.24, 2.45) is 10.7 Å². The number of nitriles is 1. The smallest absolute Gasteiger partial charge is 0.240 e. The molecular formula is C17H12ClFN4O2S2. The normalized spacial score (nSPS) is 21.2. The van der Waals surface area contributed by atoms with Gasteiger partial charge in [0.2, 0.25) is 16.0 Å². The van der Waals surface area contributed by atoms with E-state index in [0.717, 1.165) is 15.6 Å². The van der Waals surface area contributed by atoms with Gasteiger partial charge in [-0.05, 0) is 23.8 Å². The number of benzene rings is 1. The van der Waals surface area contributed by atoms with Gasteiger partial charge in [0, 0.05) is 17.5 Å². The zero-order chi connectivity index (χ0) is 20.0. The van der Waals surface area contributed by atoms with Crippen LogP contribution in [-0.2, 0) is 15.6 Å². The standard InChI is InChI=1S/C17H12ClFN4O2S2/c1-3-17(9-27(24,25)23(2)16(21)22-17)12-7-14(26-15(12)18)10-4-5-13(19)11(6-10)8-20/h1,4-7H,9H2,2H3,(H2,21,22). The molecule has 0 saturated heterocycles. The molecule has 0 radical (unpaired) electrons. The lowest BCUT2D eigenvalue weighted by Crippen LogP contribution is -2.50. The highest BCUT2D eigenvalue weighted by Crippen LogP contribution is 2.43. The molecule has 1 atom stereocenters. The van der Waals surface area contributed by atoms with Crippen LogP contribution in [0.15, 0.2) is 29.3 Å². The molecule has 0 amide bonds. The molecule has 2 heterocycles. The van der Waals surface area contributed by atoms with Gasteiger partial charge in [0.15, 0.2) is 5.54 Å². The van der Waals surface area contributed by atoms with Gasteiger partial charge >= 0.3 is 0 Å². The molecule has 0 bridgehead atoms. The molecule has 1 aromatic heterocycles. The number of halogens is 2. The van der Waals surface area contributed by atoms with Crippen LogP contribution in [-0.4, -0.2) is 31.5 Å². The highest BCUT2D eigenvalue weighted by atomic mass is 35.5. The van der Waals surface area contributed by atoms with E-state index in [1.54, 1.807) is 12.1 Å². The minimum absolute atomic E-state index is 0.116. The van der Waals surface area contributed by atoms with Crippen LogP contribution in [0.3, 0.4) is 0 Å². The lowest BCUT2D eigenvalue weighted by molar-refractivity contribution is 0.510. The summed E-state index contributed by atoms with van der Waals surface area (Å²) >= 11 is 7.47. The van der Waals surface area contributed by atoms with Crippen LogP contribution in [0.1, 0.15) is 11.1 Å². The topological polar surface area (TPSA) is 99.5 Å². The Bertz CT molecular complexity index is 1160. The first-order valence-electron chi connectivity index (χ1n) is 7.43. The number of nitrogens with zero attached hydrogens (tertiary/aromatic N) is 3. The fraction of sp³-hybridized carbons (Fsp3) is 0.176. The maximum Gasteiger partial charge on any atom is 0.240 e. The summed E-state index contributed by atoms with van der Waals surface area (Å²) < 4.78 is 39.5. The number of aliphatic imine (C=N–C) groups is 1. The first kappa shape index (κ1) is 19.2. The summed E-state index contributed by atoms with van der Waals surface area (Å²) in [4.78, 5) is 4.80. The first-order valence-corrected chi connectivity index (χ1v) is 10.2. The second-order valence-corrected chi connectivity index (χ2v) is 9.46. The van der Waals surface area contributed by atoms with Crippen molar-refractivity contribution >= 4 is 38.9 Å². The van der Waals surface area contributed by atoms with Crippen molar-refractivity contribution in [3.63, 3.8) is 0 Å². The highest BCUT2D eigenvalue weighted by Gasteiger charge is 2.44. The summed E-state index contributed by atoms with van der Waals surface area (Å²) in [5.74, 6) is 1.05. The molecule has 6 nitrogen and oxygen atoms in total. The van der Waals surface area contributed by atoms with E-state index in [9.17, 15) is 12.8 Å². The van der Waals surface area contributed by atoms with Crippen molar-refractivity contribution in [3.05, 3.63) is 45.5 Å². The van der Waals surface area contributed by atoms with Crippen molar-refractivity contribution in [1.82, 2.24) is 4.31 Å². The zero-order valence-electron chi connectivity index (χ0n) is 13.9. The summed E-state index contributed by atoms with van der Waals surface area (Å²) in [6.07, 6.45) is 5.64. The third-order valence-corrected chi connectivity index (χ3v) is 7.39. The van der Waals surface area contributed by atoms with E-state index in [1.165, 1.54) is 25.2 Å². The van der Waals surface area contributed by atoms with Crippen LogP contribution in [0, 0.1) is 29.5 Å². The monoisotopic (exact) mass is 422 g/mol. The second-order valence-electron chi connectivity index (χ2n) is 5.80. The van der Waals surface area contributed by atoms with Crippen molar-refractivity contribution in [2.45, 2.75) is 5.54 Å². The predicted octanol–water partition coefficient (Wildman–Crippen LogP) is 2.50. The summed E-state index contributed by atoms with van der Waals surface area (Å²) in [7, 11) is -2.49. The van der Waals surface area contributed by atoms with Gasteiger partial charge in [-0.1, -0.05) is 23.6 Å². The molecule has 3 rings (SSSR count). The third-order valence-electron chi connectivity index (χ3n) is 4.18. The average Bonchev–Trinajstić information content (AvgIpc) is 3.02. The van der Waals surface area contributed by atoms with Crippen molar-refractivity contribution in [3.8, 4) is 28.9 Å². The molecule has 2 N–H and O–H groups in total. The Kier molecular flexibility index (Phi) is 4.64. The largest absolute Gasteiger partial charge is 0.369 e. The number of guanidine groups is 1. The molecule has 1 unspecified atom stereocenters. The average molecular weight is 423 g/mol. The lowest BCUT2D eigenvalue weighted by Gasteiger charge is -2.33. The number of hydrogen-bond acceptors (Lipinski definition) is 6. The Balaban J connectivity index is 2.17. The number of terminal acetylenes is 1. The summed E-state index contributed by atoms with van der Waals surface area (Å²) in [6, 6.07) is 7.42. The lowest BCUT2D eigenvalue weighted by atomic mass is 9.95. The molecule has 0 saturated carbocycles. The zero-order valence-corrected chi connectivity index (χ0v) is 16.3. The number of hydrogen-bond donors (Lipinski definition) is 1. The van der Waals surface area contributed by atoms with Gasteiger partial charge in [0.25, 0.3) is 0 Å². The van der Waals surface area contributed by atoms with E-state index in [1.807, 2.05) is 0 Å². The van der Waals surface area contributed by atoms with Crippen LogP contribution < -0.4 is 5.73 Å². The van der Waals surface area contributed by atoms with Gasteiger partial charge in [0.1, 0.15) is 22.0 Å². The minimum atomic E-state index is -3.78. The van der Waals surface area contributed by atoms with Crippen LogP contribution >= 0.6 is 22.9 Å². The molecule has 2 aromatic rings. The maximum absolute atomic E-state index is 13.6. The van der Waals surface area contributed by atoms with Crippen LogP contribution in [0.5, 0.6) is 0 Å². The minimum Gasteiger partial charge on any atom is -0.369 e. The number of rotatable bonds is 2. The van der Waals surface area contributed by atoms with Crippen molar-refractivity contribution < 1.29 is 12.8 Å². The Morgan fingerprint density at radius 2 is 2.19 bits per heavy atom. The fourth-order valence-electron chi connectivity index (χ4n) is 2.65. The molecular weight excluding hydrogens is 411 g/mol. The van der Waals surface area contributed by atoms with Crippen molar-refractivity contribution in [2.75, 3.05) is 12.8 Å². The molecule has 10 heteroatoms. The maximum atomic E-state index is 13.6. The van der Waals surface area contributed by atoms with E-state index >= 15 is 0 Å². The first-order chi connectivity index (χ1) is 12.6. The highest BCUT2D eigenvalue weighted by molar-refractivity contribution is 7.89. The number of nitrogens with two attached hydrogens (primary N) is 1. The molecule has 0 aliphatic carbocycles. The molecule has 27 heavy (non-hydrogen) atoms. The summed E-state index contributed by atoms with van der Waals surface area (Å²) in [5, 5.41) is 9.00. The SMILES string of the molecule is C#CC1(c2cc(-c3ccc(F)c(C#N)c3)sc2Cl)CS(=O)(=O)N(C)C(N)=N1.